The highest BCUT2D eigenvalue weighted by Crippen LogP contribution is 2.26. The highest BCUT2D eigenvalue weighted by Gasteiger charge is 2.10. The molecular weight excluding hydrogens is 273 g/mol. The van der Waals surface area contributed by atoms with Crippen molar-refractivity contribution in [2.24, 2.45) is 5.73 Å². The lowest BCUT2D eigenvalue weighted by Gasteiger charge is -2.13. The highest BCUT2D eigenvalue weighted by molar-refractivity contribution is 5.40. The zero-order valence-electron chi connectivity index (χ0n) is 12.1. The fourth-order valence-electron chi connectivity index (χ4n) is 1.96. The van der Waals surface area contributed by atoms with Crippen LogP contribution in [-0.4, -0.2) is 14.2 Å². The molecule has 21 heavy (non-hydrogen) atoms. The molecule has 0 saturated heterocycles. The van der Waals surface area contributed by atoms with Crippen LogP contribution in [0.2, 0.25) is 0 Å². The molecule has 0 radical (unpaired) electrons. The van der Waals surface area contributed by atoms with Crippen molar-refractivity contribution in [3.8, 4) is 17.2 Å². The van der Waals surface area contributed by atoms with Gasteiger partial charge in [-0.2, -0.15) is 0 Å². The molecule has 0 atom stereocenters. The first-order chi connectivity index (χ1) is 10.2. The van der Waals surface area contributed by atoms with Crippen molar-refractivity contribution >= 4 is 0 Å². The minimum Gasteiger partial charge on any atom is -0.497 e. The second-order valence-electron chi connectivity index (χ2n) is 4.40. The maximum absolute atomic E-state index is 14.0. The molecule has 0 bridgehead atoms. The van der Waals surface area contributed by atoms with Gasteiger partial charge in [-0.15, -0.1) is 0 Å². The number of nitrogens with two attached hydrogens (primary N) is 1. The molecule has 0 aliphatic carbocycles. The third-order valence-electron chi connectivity index (χ3n) is 3.13. The van der Waals surface area contributed by atoms with Gasteiger partial charge in [0.2, 0.25) is 0 Å². The van der Waals surface area contributed by atoms with Crippen molar-refractivity contribution in [2.75, 3.05) is 14.2 Å². The van der Waals surface area contributed by atoms with Gasteiger partial charge in [0.05, 0.1) is 14.2 Å². The Morgan fingerprint density at radius 2 is 1.81 bits per heavy atom. The summed E-state index contributed by atoms with van der Waals surface area (Å²) in [5.74, 6) is 1.10. The first-order valence-electron chi connectivity index (χ1n) is 6.50. The molecule has 0 aromatic heterocycles. The molecule has 0 spiro atoms. The van der Waals surface area contributed by atoms with Crippen LogP contribution in [0.1, 0.15) is 11.1 Å². The third kappa shape index (κ3) is 3.44. The van der Waals surface area contributed by atoms with Crippen molar-refractivity contribution in [2.45, 2.75) is 13.2 Å². The van der Waals surface area contributed by atoms with Crippen LogP contribution in [-0.2, 0) is 13.2 Å². The van der Waals surface area contributed by atoms with Crippen LogP contribution < -0.4 is 19.9 Å². The Morgan fingerprint density at radius 1 is 1.00 bits per heavy atom. The van der Waals surface area contributed by atoms with E-state index in [1.165, 1.54) is 7.11 Å². The summed E-state index contributed by atoms with van der Waals surface area (Å²) in [6.07, 6.45) is 0. The molecule has 0 fully saturated rings. The monoisotopic (exact) mass is 291 g/mol. The van der Waals surface area contributed by atoms with E-state index in [4.69, 9.17) is 19.9 Å². The second kappa shape index (κ2) is 6.95. The van der Waals surface area contributed by atoms with Crippen LogP contribution in [0.5, 0.6) is 17.2 Å². The van der Waals surface area contributed by atoms with Gasteiger partial charge >= 0.3 is 0 Å². The van der Waals surface area contributed by atoms with Gasteiger partial charge < -0.3 is 19.9 Å². The first-order valence-corrected chi connectivity index (χ1v) is 6.50. The van der Waals surface area contributed by atoms with E-state index in [1.807, 2.05) is 0 Å². The van der Waals surface area contributed by atoms with Gasteiger partial charge in [-0.3, -0.25) is 0 Å². The van der Waals surface area contributed by atoms with Crippen molar-refractivity contribution < 1.29 is 18.6 Å². The number of rotatable bonds is 6. The Morgan fingerprint density at radius 3 is 2.48 bits per heavy atom. The lowest BCUT2D eigenvalue weighted by molar-refractivity contribution is 0.292. The highest BCUT2D eigenvalue weighted by atomic mass is 19.1. The molecule has 2 aromatic carbocycles. The average Bonchev–Trinajstić information content (AvgIpc) is 2.53. The Kier molecular flexibility index (Phi) is 5.00. The van der Waals surface area contributed by atoms with Crippen LogP contribution in [0.15, 0.2) is 36.4 Å². The summed E-state index contributed by atoms with van der Waals surface area (Å²) < 4.78 is 29.8. The smallest absolute Gasteiger partial charge is 0.171 e. The molecule has 0 heterocycles. The summed E-state index contributed by atoms with van der Waals surface area (Å²) in [7, 11) is 3.01. The lowest BCUT2D eigenvalue weighted by Crippen LogP contribution is -2.05. The maximum Gasteiger partial charge on any atom is 0.171 e. The van der Waals surface area contributed by atoms with Gasteiger partial charge in [-0.25, -0.2) is 4.39 Å². The predicted molar refractivity (Wildman–Crippen MR) is 78.2 cm³/mol. The second-order valence-corrected chi connectivity index (χ2v) is 4.40. The van der Waals surface area contributed by atoms with Gasteiger partial charge in [0.15, 0.2) is 11.6 Å². The van der Waals surface area contributed by atoms with Crippen molar-refractivity contribution in [3.05, 3.63) is 53.3 Å². The van der Waals surface area contributed by atoms with E-state index in [2.05, 4.69) is 0 Å². The van der Waals surface area contributed by atoms with Gasteiger partial charge in [0.25, 0.3) is 0 Å². The van der Waals surface area contributed by atoms with Crippen molar-refractivity contribution in [3.63, 3.8) is 0 Å². The Balaban J connectivity index is 2.16. The number of hydrogen-bond acceptors (Lipinski definition) is 4. The van der Waals surface area contributed by atoms with Crippen LogP contribution in [0, 0.1) is 5.82 Å². The van der Waals surface area contributed by atoms with E-state index in [-0.39, 0.29) is 12.4 Å². The lowest BCUT2D eigenvalue weighted by atomic mass is 10.2. The molecule has 5 heteroatoms. The Bertz CT molecular complexity index is 616. The van der Waals surface area contributed by atoms with Crippen LogP contribution in [0.25, 0.3) is 0 Å². The number of hydrogen-bond donors (Lipinski definition) is 1. The fourth-order valence-corrected chi connectivity index (χ4v) is 1.96. The van der Waals surface area contributed by atoms with Crippen LogP contribution >= 0.6 is 0 Å². The molecule has 0 unspecified atom stereocenters. The predicted octanol–water partition coefficient (Wildman–Crippen LogP) is 2.88. The van der Waals surface area contributed by atoms with Crippen molar-refractivity contribution in [1.29, 1.82) is 0 Å². The molecule has 2 rings (SSSR count). The van der Waals surface area contributed by atoms with E-state index < -0.39 is 5.82 Å². The molecule has 4 nitrogen and oxygen atoms in total. The summed E-state index contributed by atoms with van der Waals surface area (Å²) in [6.45, 7) is 0.412. The number of benzene rings is 2. The van der Waals surface area contributed by atoms with Gasteiger partial charge in [0.1, 0.15) is 18.1 Å². The minimum absolute atomic E-state index is 0.0996. The summed E-state index contributed by atoms with van der Waals surface area (Å²) in [5, 5.41) is 0. The summed E-state index contributed by atoms with van der Waals surface area (Å²) in [6, 6.07) is 10.3. The molecule has 0 aliphatic heterocycles. The summed E-state index contributed by atoms with van der Waals surface area (Å²) in [5.41, 5.74) is 6.92. The van der Waals surface area contributed by atoms with Gasteiger partial charge in [0, 0.05) is 17.7 Å². The van der Waals surface area contributed by atoms with Gasteiger partial charge in [-0.1, -0.05) is 12.1 Å². The first kappa shape index (κ1) is 15.1. The number of ether oxygens (including phenoxy) is 3. The normalized spacial score (nSPS) is 10.3. The van der Waals surface area contributed by atoms with Crippen LogP contribution in [0.3, 0.4) is 0 Å². The molecule has 2 N–H and O–H groups in total. The van der Waals surface area contributed by atoms with E-state index in [1.54, 1.807) is 43.5 Å². The van der Waals surface area contributed by atoms with Crippen LogP contribution in [0.4, 0.5) is 4.39 Å². The molecule has 0 aliphatic rings. The molecular formula is C16H18FNO3. The molecule has 112 valence electrons. The largest absolute Gasteiger partial charge is 0.497 e. The van der Waals surface area contributed by atoms with E-state index in [0.717, 1.165) is 5.56 Å². The SMILES string of the molecule is COc1ccc(OCc2cccc(OC)c2F)c(CN)c1. The topological polar surface area (TPSA) is 53.7 Å². The molecule has 0 amide bonds. The Labute approximate surface area is 123 Å². The zero-order chi connectivity index (χ0) is 15.2. The van der Waals surface area contributed by atoms with E-state index >= 15 is 0 Å². The standard InChI is InChI=1S/C16H18FNO3/c1-19-13-6-7-14(12(8-13)9-18)21-10-11-4-3-5-15(20-2)16(11)17/h3-8H,9-10,18H2,1-2H3. The van der Waals surface area contributed by atoms with Crippen molar-refractivity contribution in [1.82, 2.24) is 0 Å². The minimum atomic E-state index is -0.414. The van der Waals surface area contributed by atoms with E-state index in [9.17, 15) is 4.39 Å². The Hall–Kier alpha value is -2.27. The average molecular weight is 291 g/mol. The third-order valence-corrected chi connectivity index (χ3v) is 3.13. The number of halogens is 1. The maximum atomic E-state index is 14.0. The fraction of sp³-hybridized carbons (Fsp3) is 0.250. The summed E-state index contributed by atoms with van der Waals surface area (Å²) in [4.78, 5) is 0. The molecule has 2 aromatic rings. The molecule has 0 saturated carbocycles. The zero-order valence-corrected chi connectivity index (χ0v) is 12.1. The quantitative estimate of drug-likeness (QED) is 0.889. The van der Waals surface area contributed by atoms with E-state index in [0.29, 0.717) is 23.6 Å². The van der Waals surface area contributed by atoms with Gasteiger partial charge in [-0.05, 0) is 24.3 Å². The number of methoxy groups -OCH3 is 2. The summed E-state index contributed by atoms with van der Waals surface area (Å²) >= 11 is 0.